The molecule has 2 aromatic heterocycles. The van der Waals surface area contributed by atoms with Gasteiger partial charge in [-0.05, 0) is 42.8 Å². The zero-order valence-electron chi connectivity index (χ0n) is 11.7. The summed E-state index contributed by atoms with van der Waals surface area (Å²) in [6.07, 6.45) is 1.29. The number of aromatic nitrogens is 1. The smallest absolute Gasteiger partial charge is 0.307 e. The van der Waals surface area contributed by atoms with Crippen LogP contribution in [0.3, 0.4) is 0 Å². The molecule has 0 aliphatic carbocycles. The van der Waals surface area contributed by atoms with Crippen LogP contribution in [-0.4, -0.2) is 21.6 Å². The molecule has 2 heterocycles. The molecular formula is C16H12BrNO4. The van der Waals surface area contributed by atoms with Gasteiger partial charge in [0, 0.05) is 15.6 Å². The van der Waals surface area contributed by atoms with Gasteiger partial charge in [0.2, 0.25) is 0 Å². The molecule has 0 fully saturated rings. The fourth-order valence-electron chi connectivity index (χ4n) is 2.60. The van der Waals surface area contributed by atoms with Gasteiger partial charge in [-0.3, -0.25) is 14.2 Å². The number of carbonyl (C=O) groups excluding carboxylic acids is 1. The molecule has 1 aromatic carbocycles. The normalized spacial score (nSPS) is 11.0. The van der Waals surface area contributed by atoms with Crippen LogP contribution in [0, 0.1) is 6.92 Å². The van der Waals surface area contributed by atoms with Crippen molar-refractivity contribution in [2.45, 2.75) is 13.3 Å². The average Bonchev–Trinajstić information content (AvgIpc) is 3.07. The maximum atomic E-state index is 12.6. The highest BCUT2D eigenvalue weighted by molar-refractivity contribution is 9.10. The number of furan rings is 1. The number of carbonyl (C=O) groups is 2. The van der Waals surface area contributed by atoms with Gasteiger partial charge in [0.1, 0.15) is 0 Å². The number of carboxylic acid groups (broad SMARTS) is 1. The monoisotopic (exact) mass is 361 g/mol. The summed E-state index contributed by atoms with van der Waals surface area (Å²) in [7, 11) is 0. The molecule has 3 rings (SSSR count). The number of aliphatic carboxylic acids is 1. The van der Waals surface area contributed by atoms with Crippen molar-refractivity contribution in [3.63, 3.8) is 0 Å². The molecular weight excluding hydrogens is 350 g/mol. The Morgan fingerprint density at radius 2 is 2.09 bits per heavy atom. The molecule has 0 spiro atoms. The number of rotatable bonds is 3. The number of fused-ring (bicyclic) bond motifs is 1. The molecule has 3 aromatic rings. The third-order valence-electron chi connectivity index (χ3n) is 3.56. The average molecular weight is 362 g/mol. The number of nitrogens with zero attached hydrogens (tertiary/aromatic N) is 1. The molecule has 1 N–H and O–H groups in total. The first-order valence-corrected chi connectivity index (χ1v) is 7.37. The second kappa shape index (κ2) is 5.46. The molecule has 0 radical (unpaired) electrons. The Morgan fingerprint density at radius 3 is 2.73 bits per heavy atom. The molecule has 5 nitrogen and oxygen atoms in total. The Morgan fingerprint density at radius 1 is 1.32 bits per heavy atom. The van der Waals surface area contributed by atoms with E-state index in [1.807, 2.05) is 12.1 Å². The van der Waals surface area contributed by atoms with Gasteiger partial charge in [0.25, 0.3) is 5.91 Å². The second-order valence-corrected chi connectivity index (χ2v) is 5.83. The van der Waals surface area contributed by atoms with Crippen LogP contribution in [0.2, 0.25) is 0 Å². The molecule has 0 unspecified atom stereocenters. The quantitative estimate of drug-likeness (QED) is 0.773. The van der Waals surface area contributed by atoms with E-state index in [0.29, 0.717) is 16.8 Å². The number of hydrogen-bond acceptors (Lipinski definition) is 3. The first-order valence-electron chi connectivity index (χ1n) is 6.58. The summed E-state index contributed by atoms with van der Waals surface area (Å²) < 4.78 is 7.50. The van der Waals surface area contributed by atoms with E-state index in [0.717, 1.165) is 9.86 Å². The van der Waals surface area contributed by atoms with Gasteiger partial charge >= 0.3 is 5.97 Å². The standard InChI is InChI=1S/C16H12BrNO4/c1-9-11(8-15(19)20)12-7-10(17)4-5-13(12)18(9)16(21)14-3-2-6-22-14/h2-7H,8H2,1H3,(H,19,20). The maximum Gasteiger partial charge on any atom is 0.307 e. The van der Waals surface area contributed by atoms with Crippen molar-refractivity contribution in [3.05, 3.63) is 58.1 Å². The van der Waals surface area contributed by atoms with Crippen molar-refractivity contribution in [1.82, 2.24) is 4.57 Å². The summed E-state index contributed by atoms with van der Waals surface area (Å²) in [5.41, 5.74) is 1.90. The predicted molar refractivity (Wildman–Crippen MR) is 84.2 cm³/mol. The van der Waals surface area contributed by atoms with Gasteiger partial charge in [-0.25, -0.2) is 0 Å². The summed E-state index contributed by atoms with van der Waals surface area (Å²) in [6.45, 7) is 1.74. The highest BCUT2D eigenvalue weighted by Crippen LogP contribution is 2.30. The Labute approximate surface area is 134 Å². The Bertz CT molecular complexity index is 877. The van der Waals surface area contributed by atoms with E-state index in [-0.39, 0.29) is 18.1 Å². The van der Waals surface area contributed by atoms with Gasteiger partial charge in [-0.1, -0.05) is 15.9 Å². The minimum Gasteiger partial charge on any atom is -0.481 e. The third-order valence-corrected chi connectivity index (χ3v) is 4.05. The topological polar surface area (TPSA) is 72.4 Å². The van der Waals surface area contributed by atoms with Crippen molar-refractivity contribution in [1.29, 1.82) is 0 Å². The largest absolute Gasteiger partial charge is 0.481 e. The lowest BCUT2D eigenvalue weighted by molar-refractivity contribution is -0.136. The molecule has 0 aliphatic rings. The summed E-state index contributed by atoms with van der Waals surface area (Å²) in [4.78, 5) is 23.8. The summed E-state index contributed by atoms with van der Waals surface area (Å²) in [5.74, 6) is -1.04. The maximum absolute atomic E-state index is 12.6. The SMILES string of the molecule is Cc1c(CC(=O)O)c2cc(Br)ccc2n1C(=O)c1ccco1. The van der Waals surface area contributed by atoms with Gasteiger partial charge in [0.15, 0.2) is 5.76 Å². The van der Waals surface area contributed by atoms with Crippen LogP contribution in [0.15, 0.2) is 45.5 Å². The lowest BCUT2D eigenvalue weighted by atomic mass is 10.1. The highest BCUT2D eigenvalue weighted by Gasteiger charge is 2.22. The van der Waals surface area contributed by atoms with Crippen molar-refractivity contribution in [2.75, 3.05) is 0 Å². The molecule has 0 saturated heterocycles. The first kappa shape index (κ1) is 14.6. The van der Waals surface area contributed by atoms with Crippen LogP contribution < -0.4 is 0 Å². The lowest BCUT2D eigenvalue weighted by Gasteiger charge is -2.05. The zero-order chi connectivity index (χ0) is 15.9. The van der Waals surface area contributed by atoms with Crippen LogP contribution in [0.1, 0.15) is 21.8 Å². The molecule has 0 bridgehead atoms. The summed E-state index contributed by atoms with van der Waals surface area (Å²) in [6, 6.07) is 8.66. The van der Waals surface area contributed by atoms with E-state index in [4.69, 9.17) is 9.52 Å². The van der Waals surface area contributed by atoms with Gasteiger partial charge in [-0.15, -0.1) is 0 Å². The highest BCUT2D eigenvalue weighted by atomic mass is 79.9. The molecule has 0 amide bonds. The van der Waals surface area contributed by atoms with Crippen molar-refractivity contribution in [3.8, 4) is 0 Å². The Balaban J connectivity index is 2.28. The minimum absolute atomic E-state index is 0.142. The second-order valence-electron chi connectivity index (χ2n) is 4.91. The number of halogens is 1. The molecule has 0 atom stereocenters. The fourth-order valence-corrected chi connectivity index (χ4v) is 2.96. The van der Waals surface area contributed by atoms with Crippen LogP contribution in [-0.2, 0) is 11.2 Å². The van der Waals surface area contributed by atoms with Crippen molar-refractivity contribution >= 4 is 38.7 Å². The van der Waals surface area contributed by atoms with Crippen molar-refractivity contribution in [2.24, 2.45) is 0 Å². The molecule has 112 valence electrons. The Hall–Kier alpha value is -2.34. The van der Waals surface area contributed by atoms with Gasteiger partial charge in [-0.2, -0.15) is 0 Å². The molecule has 0 saturated carbocycles. The number of hydrogen-bond donors (Lipinski definition) is 1. The van der Waals surface area contributed by atoms with Crippen LogP contribution in [0.5, 0.6) is 0 Å². The van der Waals surface area contributed by atoms with Crippen LogP contribution >= 0.6 is 15.9 Å². The van der Waals surface area contributed by atoms with Crippen LogP contribution in [0.4, 0.5) is 0 Å². The van der Waals surface area contributed by atoms with Crippen LogP contribution in [0.25, 0.3) is 10.9 Å². The van der Waals surface area contributed by atoms with Gasteiger partial charge < -0.3 is 9.52 Å². The first-order chi connectivity index (χ1) is 10.5. The predicted octanol–water partition coefficient (Wildman–Crippen LogP) is 3.62. The van der Waals surface area contributed by atoms with E-state index in [2.05, 4.69) is 15.9 Å². The Kier molecular flexibility index (Phi) is 3.62. The fraction of sp³-hybridized carbons (Fsp3) is 0.125. The van der Waals surface area contributed by atoms with Crippen molar-refractivity contribution < 1.29 is 19.1 Å². The van der Waals surface area contributed by atoms with E-state index in [1.54, 1.807) is 25.1 Å². The lowest BCUT2D eigenvalue weighted by Crippen LogP contribution is -2.13. The summed E-state index contributed by atoms with van der Waals surface area (Å²) >= 11 is 3.38. The van der Waals surface area contributed by atoms with Gasteiger partial charge in [0.05, 0.1) is 18.2 Å². The number of benzene rings is 1. The zero-order valence-corrected chi connectivity index (χ0v) is 13.3. The van der Waals surface area contributed by atoms with E-state index in [1.165, 1.54) is 10.8 Å². The third kappa shape index (κ3) is 2.35. The molecule has 22 heavy (non-hydrogen) atoms. The van der Waals surface area contributed by atoms with E-state index in [9.17, 15) is 9.59 Å². The number of carboxylic acids is 1. The minimum atomic E-state index is -0.937. The molecule has 0 aliphatic heterocycles. The summed E-state index contributed by atoms with van der Waals surface area (Å²) in [5, 5.41) is 9.87. The van der Waals surface area contributed by atoms with E-state index >= 15 is 0 Å². The van der Waals surface area contributed by atoms with E-state index < -0.39 is 5.97 Å². The molecule has 6 heteroatoms.